The Morgan fingerprint density at radius 3 is 2.24 bits per heavy atom. The molecule has 3 aromatic rings. The van der Waals surface area contributed by atoms with Crippen molar-refractivity contribution in [2.45, 2.75) is 25.7 Å². The predicted molar refractivity (Wildman–Crippen MR) is 133 cm³/mol. The number of Topliss-reactive ketones (excluding diaryl/α,β-unsaturated/α-hetero) is 1. The lowest BCUT2D eigenvalue weighted by atomic mass is 10.0. The number of nitrogens with one attached hydrogen (secondary N) is 2. The molecule has 0 fully saturated rings. The van der Waals surface area contributed by atoms with Crippen molar-refractivity contribution in [1.29, 1.82) is 0 Å². The van der Waals surface area contributed by atoms with Gasteiger partial charge in [-0.2, -0.15) is 0 Å². The predicted octanol–water partition coefficient (Wildman–Crippen LogP) is 3.98. The molecule has 0 spiro atoms. The Morgan fingerprint density at radius 2 is 1.50 bits per heavy atom. The molecular weight excluding hydrogens is 430 g/mol. The van der Waals surface area contributed by atoms with Crippen molar-refractivity contribution in [1.82, 2.24) is 15.8 Å². The van der Waals surface area contributed by atoms with Crippen LogP contribution < -0.4 is 15.6 Å². The summed E-state index contributed by atoms with van der Waals surface area (Å²) in [7, 11) is 4.02. The van der Waals surface area contributed by atoms with Gasteiger partial charge < -0.3 is 9.64 Å². The van der Waals surface area contributed by atoms with Gasteiger partial charge in [0, 0.05) is 30.5 Å². The van der Waals surface area contributed by atoms with Gasteiger partial charge in [-0.15, -0.1) is 0 Å². The zero-order chi connectivity index (χ0) is 24.3. The molecule has 0 bridgehead atoms. The van der Waals surface area contributed by atoms with Crippen LogP contribution >= 0.6 is 0 Å². The van der Waals surface area contributed by atoms with Crippen molar-refractivity contribution in [3.63, 3.8) is 0 Å². The Hall–Kier alpha value is -3.71. The van der Waals surface area contributed by atoms with Crippen LogP contribution in [0.4, 0.5) is 0 Å². The molecule has 0 saturated heterocycles. The Kier molecular flexibility index (Phi) is 9.17. The number of carbonyl (C=O) groups excluding carboxylic acids is 3. The SMILES string of the molecule is CN(C)CCCOc1ccc(C(=O)NNC(=O)CCCC(=O)c2ccc3ccccc3c2)cc1. The monoisotopic (exact) mass is 461 g/mol. The normalized spacial score (nSPS) is 10.8. The summed E-state index contributed by atoms with van der Waals surface area (Å²) in [6.07, 6.45) is 1.71. The van der Waals surface area contributed by atoms with Gasteiger partial charge in [-0.25, -0.2) is 0 Å². The van der Waals surface area contributed by atoms with Crippen LogP contribution in [0.15, 0.2) is 66.7 Å². The fourth-order valence-electron chi connectivity index (χ4n) is 3.45. The quantitative estimate of drug-likeness (QED) is 0.256. The topological polar surface area (TPSA) is 87.7 Å². The summed E-state index contributed by atoms with van der Waals surface area (Å²) in [5.74, 6) is -0.0812. The molecule has 0 unspecified atom stereocenters. The van der Waals surface area contributed by atoms with Gasteiger partial charge in [0.1, 0.15) is 5.75 Å². The van der Waals surface area contributed by atoms with Gasteiger partial charge >= 0.3 is 0 Å². The van der Waals surface area contributed by atoms with Crippen molar-refractivity contribution < 1.29 is 19.1 Å². The first-order valence-electron chi connectivity index (χ1n) is 11.4. The second-order valence-electron chi connectivity index (χ2n) is 8.37. The summed E-state index contributed by atoms with van der Waals surface area (Å²) in [5.41, 5.74) is 5.85. The molecule has 3 aromatic carbocycles. The Balaban J connectivity index is 1.36. The number of nitrogens with zero attached hydrogens (tertiary/aromatic N) is 1. The Labute approximate surface area is 200 Å². The highest BCUT2D eigenvalue weighted by Gasteiger charge is 2.10. The van der Waals surface area contributed by atoms with Crippen molar-refractivity contribution in [3.8, 4) is 5.75 Å². The number of hydrazine groups is 1. The van der Waals surface area contributed by atoms with E-state index in [0.717, 1.165) is 23.7 Å². The highest BCUT2D eigenvalue weighted by molar-refractivity contribution is 6.00. The Bertz CT molecular complexity index is 1130. The third-order valence-electron chi connectivity index (χ3n) is 5.33. The lowest BCUT2D eigenvalue weighted by Gasteiger charge is -2.11. The molecule has 2 N–H and O–H groups in total. The second kappa shape index (κ2) is 12.5. The minimum Gasteiger partial charge on any atom is -0.494 e. The van der Waals surface area contributed by atoms with Gasteiger partial charge in [0.05, 0.1) is 6.61 Å². The van der Waals surface area contributed by atoms with E-state index in [4.69, 9.17) is 4.74 Å². The van der Waals surface area contributed by atoms with E-state index in [-0.39, 0.29) is 24.5 Å². The zero-order valence-corrected chi connectivity index (χ0v) is 19.7. The number of hydrogen-bond donors (Lipinski definition) is 2. The standard InChI is InChI=1S/C27H31N3O4/c1-30(2)17-6-18-34-24-15-13-21(14-16-24)27(33)29-28-26(32)10-5-9-25(31)23-12-11-20-7-3-4-8-22(20)19-23/h3-4,7-8,11-16,19H,5-6,9-10,17-18H2,1-2H3,(H,28,32)(H,29,33). The van der Waals surface area contributed by atoms with E-state index in [2.05, 4.69) is 15.8 Å². The Morgan fingerprint density at radius 1 is 0.794 bits per heavy atom. The third-order valence-corrected chi connectivity index (χ3v) is 5.33. The maximum atomic E-state index is 12.4. The maximum absolute atomic E-state index is 12.4. The lowest BCUT2D eigenvalue weighted by molar-refractivity contribution is -0.121. The minimum atomic E-state index is -0.417. The molecule has 0 aliphatic carbocycles. The highest BCUT2D eigenvalue weighted by Crippen LogP contribution is 2.17. The summed E-state index contributed by atoms with van der Waals surface area (Å²) in [5, 5.41) is 2.09. The van der Waals surface area contributed by atoms with Crippen LogP contribution in [0.5, 0.6) is 5.75 Å². The fourth-order valence-corrected chi connectivity index (χ4v) is 3.45. The number of benzene rings is 3. The van der Waals surface area contributed by atoms with E-state index in [1.54, 1.807) is 24.3 Å². The summed E-state index contributed by atoms with van der Waals surface area (Å²) in [6.45, 7) is 1.54. The first-order valence-corrected chi connectivity index (χ1v) is 11.4. The molecule has 3 rings (SSSR count). The van der Waals surface area contributed by atoms with Crippen LogP contribution in [0.1, 0.15) is 46.4 Å². The van der Waals surface area contributed by atoms with Crippen molar-refractivity contribution >= 4 is 28.4 Å². The average molecular weight is 462 g/mol. The fraction of sp³-hybridized carbons (Fsp3) is 0.296. The smallest absolute Gasteiger partial charge is 0.269 e. The van der Waals surface area contributed by atoms with Gasteiger partial charge in [0.15, 0.2) is 5.78 Å². The van der Waals surface area contributed by atoms with E-state index in [1.807, 2.05) is 56.6 Å². The number of hydrogen-bond acceptors (Lipinski definition) is 5. The van der Waals surface area contributed by atoms with Crippen molar-refractivity contribution in [2.75, 3.05) is 27.2 Å². The molecule has 0 atom stereocenters. The van der Waals surface area contributed by atoms with E-state index < -0.39 is 5.91 Å². The molecule has 0 aromatic heterocycles. The number of fused-ring (bicyclic) bond motifs is 1. The van der Waals surface area contributed by atoms with E-state index >= 15 is 0 Å². The van der Waals surface area contributed by atoms with Gasteiger partial charge in [-0.3, -0.25) is 25.2 Å². The van der Waals surface area contributed by atoms with Gasteiger partial charge in [0.25, 0.3) is 5.91 Å². The molecule has 2 amide bonds. The molecular formula is C27H31N3O4. The summed E-state index contributed by atoms with van der Waals surface area (Å²) in [6, 6.07) is 20.2. The molecule has 0 radical (unpaired) electrons. The van der Waals surface area contributed by atoms with Crippen LogP contribution in [0.25, 0.3) is 10.8 Å². The number of ether oxygens (including phenoxy) is 1. The summed E-state index contributed by atoms with van der Waals surface area (Å²) < 4.78 is 5.65. The second-order valence-corrected chi connectivity index (χ2v) is 8.37. The van der Waals surface area contributed by atoms with Crippen molar-refractivity contribution in [3.05, 3.63) is 77.9 Å². The van der Waals surface area contributed by atoms with Crippen LogP contribution in [-0.4, -0.2) is 49.7 Å². The first-order chi connectivity index (χ1) is 16.4. The molecule has 0 heterocycles. The summed E-state index contributed by atoms with van der Waals surface area (Å²) >= 11 is 0. The lowest BCUT2D eigenvalue weighted by Crippen LogP contribution is -2.41. The highest BCUT2D eigenvalue weighted by atomic mass is 16.5. The number of rotatable bonds is 11. The summed E-state index contributed by atoms with van der Waals surface area (Å²) in [4.78, 5) is 38.8. The van der Waals surface area contributed by atoms with Gasteiger partial charge in [-0.05, 0) is 68.0 Å². The van der Waals surface area contributed by atoms with Gasteiger partial charge in [0.2, 0.25) is 5.91 Å². The van der Waals surface area contributed by atoms with E-state index in [0.29, 0.717) is 29.9 Å². The van der Waals surface area contributed by atoms with Crippen LogP contribution in [0.2, 0.25) is 0 Å². The van der Waals surface area contributed by atoms with Gasteiger partial charge in [-0.1, -0.05) is 36.4 Å². The molecule has 0 saturated carbocycles. The molecule has 0 aliphatic heterocycles. The number of amides is 2. The van der Waals surface area contributed by atoms with Crippen molar-refractivity contribution in [2.24, 2.45) is 0 Å². The molecule has 7 heteroatoms. The van der Waals surface area contributed by atoms with Crippen LogP contribution in [0.3, 0.4) is 0 Å². The van der Waals surface area contributed by atoms with E-state index in [9.17, 15) is 14.4 Å². The zero-order valence-electron chi connectivity index (χ0n) is 19.7. The number of ketones is 1. The third kappa shape index (κ3) is 7.71. The molecule has 178 valence electrons. The largest absolute Gasteiger partial charge is 0.494 e. The average Bonchev–Trinajstić information content (AvgIpc) is 2.85. The van der Waals surface area contributed by atoms with E-state index in [1.165, 1.54) is 0 Å². The van der Waals surface area contributed by atoms with Crippen LogP contribution in [0, 0.1) is 0 Å². The molecule has 0 aliphatic rings. The van der Waals surface area contributed by atoms with Crippen LogP contribution in [-0.2, 0) is 4.79 Å². The maximum Gasteiger partial charge on any atom is 0.269 e. The minimum absolute atomic E-state index is 0.00777. The molecule has 34 heavy (non-hydrogen) atoms. The first kappa shape index (κ1) is 24.9. The number of carbonyl (C=O) groups is 3. The molecule has 7 nitrogen and oxygen atoms in total.